The van der Waals surface area contributed by atoms with Crippen molar-refractivity contribution in [2.45, 2.75) is 18.8 Å². The average molecular weight is 237 g/mol. The van der Waals surface area contributed by atoms with E-state index in [1.54, 1.807) is 0 Å². The molecular formula is C11H9BrO. The quantitative estimate of drug-likeness (QED) is 0.728. The van der Waals surface area contributed by atoms with Crippen molar-refractivity contribution in [2.75, 3.05) is 0 Å². The van der Waals surface area contributed by atoms with E-state index in [9.17, 15) is 0 Å². The second kappa shape index (κ2) is 2.61. The summed E-state index contributed by atoms with van der Waals surface area (Å²) >= 11 is 3.60. The van der Waals surface area contributed by atoms with Gasteiger partial charge in [0, 0.05) is 15.2 Å². The largest absolute Gasteiger partial charge is 0.471 e. The van der Waals surface area contributed by atoms with Gasteiger partial charge in [0.05, 0.1) is 12.5 Å². The summed E-state index contributed by atoms with van der Waals surface area (Å²) < 4.78 is 6.44. The number of hydrogen-bond donors (Lipinski definition) is 0. The Morgan fingerprint density at radius 1 is 1.23 bits per heavy atom. The molecular weight excluding hydrogens is 228 g/mol. The van der Waals surface area contributed by atoms with Gasteiger partial charge in [-0.25, -0.2) is 0 Å². The Labute approximate surface area is 84.9 Å². The minimum Gasteiger partial charge on any atom is -0.471 e. The van der Waals surface area contributed by atoms with Gasteiger partial charge in [-0.15, -0.1) is 0 Å². The van der Waals surface area contributed by atoms with Crippen LogP contribution in [0, 0.1) is 0 Å². The lowest BCUT2D eigenvalue weighted by Gasteiger charge is -2.02. The Morgan fingerprint density at radius 3 is 2.85 bits per heavy atom. The molecule has 3 rings (SSSR count). The van der Waals surface area contributed by atoms with Gasteiger partial charge in [0.25, 0.3) is 0 Å². The maximum Gasteiger partial charge on any atom is 0.0984 e. The number of fused-ring (bicyclic) bond motifs is 1. The van der Waals surface area contributed by atoms with Crippen LogP contribution in [0.1, 0.15) is 24.3 Å². The summed E-state index contributed by atoms with van der Waals surface area (Å²) in [7, 11) is 0. The van der Waals surface area contributed by atoms with Gasteiger partial charge in [-0.2, -0.15) is 0 Å². The first kappa shape index (κ1) is 7.63. The monoisotopic (exact) mass is 236 g/mol. The summed E-state index contributed by atoms with van der Waals surface area (Å²) in [6.07, 6.45) is 6.31. The van der Waals surface area contributed by atoms with E-state index in [2.05, 4.69) is 28.1 Å². The zero-order valence-corrected chi connectivity index (χ0v) is 8.67. The predicted octanol–water partition coefficient (Wildman–Crippen LogP) is 4.07. The lowest BCUT2D eigenvalue weighted by Crippen LogP contribution is -1.82. The standard InChI is InChI=1S/C11H9BrO/c12-10-4-3-8-5-13-6-9(8)11(10)7-1-2-7/h3-7H,1-2H2. The molecule has 0 N–H and O–H groups in total. The Morgan fingerprint density at radius 2 is 2.08 bits per heavy atom. The van der Waals surface area contributed by atoms with E-state index in [-0.39, 0.29) is 0 Å². The molecule has 1 aromatic carbocycles. The van der Waals surface area contributed by atoms with Crippen LogP contribution in [0.4, 0.5) is 0 Å². The van der Waals surface area contributed by atoms with Crippen molar-refractivity contribution in [2.24, 2.45) is 0 Å². The van der Waals surface area contributed by atoms with Crippen molar-refractivity contribution in [3.8, 4) is 0 Å². The SMILES string of the molecule is Brc1ccc2cocc2c1C1CC1. The fourth-order valence-electron chi connectivity index (χ4n) is 1.82. The Bertz CT molecular complexity index is 454. The van der Waals surface area contributed by atoms with Crippen LogP contribution < -0.4 is 0 Å². The summed E-state index contributed by atoms with van der Waals surface area (Å²) in [4.78, 5) is 0. The average Bonchev–Trinajstić information content (AvgIpc) is 2.82. The third kappa shape index (κ3) is 1.12. The maximum absolute atomic E-state index is 5.22. The number of benzene rings is 1. The molecule has 0 saturated heterocycles. The molecule has 1 aliphatic rings. The third-order valence-corrected chi connectivity index (χ3v) is 3.33. The zero-order valence-electron chi connectivity index (χ0n) is 7.09. The second-order valence-electron chi connectivity index (χ2n) is 3.61. The van der Waals surface area contributed by atoms with Crippen molar-refractivity contribution in [1.29, 1.82) is 0 Å². The van der Waals surface area contributed by atoms with E-state index in [4.69, 9.17) is 4.42 Å². The molecule has 2 aromatic rings. The van der Waals surface area contributed by atoms with Crippen molar-refractivity contribution in [3.63, 3.8) is 0 Å². The number of furan rings is 1. The summed E-state index contributed by atoms with van der Waals surface area (Å²) in [5.41, 5.74) is 1.44. The molecule has 0 atom stereocenters. The fourth-order valence-corrected chi connectivity index (χ4v) is 2.49. The van der Waals surface area contributed by atoms with Crippen LogP contribution in [0.2, 0.25) is 0 Å². The fraction of sp³-hybridized carbons (Fsp3) is 0.273. The van der Waals surface area contributed by atoms with Crippen molar-refractivity contribution >= 4 is 26.7 Å². The molecule has 13 heavy (non-hydrogen) atoms. The van der Waals surface area contributed by atoms with Gasteiger partial charge in [-0.05, 0) is 30.4 Å². The van der Waals surface area contributed by atoms with Gasteiger partial charge in [0.2, 0.25) is 0 Å². The lowest BCUT2D eigenvalue weighted by molar-refractivity contribution is 0.572. The number of hydrogen-bond acceptors (Lipinski definition) is 1. The molecule has 0 radical (unpaired) electrons. The van der Waals surface area contributed by atoms with Crippen LogP contribution in [-0.4, -0.2) is 0 Å². The first-order chi connectivity index (χ1) is 6.36. The lowest BCUT2D eigenvalue weighted by atomic mass is 10.1. The Hall–Kier alpha value is -0.760. The first-order valence-electron chi connectivity index (χ1n) is 4.50. The number of halogens is 1. The van der Waals surface area contributed by atoms with Gasteiger partial charge >= 0.3 is 0 Å². The molecule has 1 saturated carbocycles. The van der Waals surface area contributed by atoms with E-state index in [0.29, 0.717) is 0 Å². The maximum atomic E-state index is 5.22. The van der Waals surface area contributed by atoms with Crippen molar-refractivity contribution in [3.05, 3.63) is 34.7 Å². The van der Waals surface area contributed by atoms with Crippen LogP contribution in [0.3, 0.4) is 0 Å². The van der Waals surface area contributed by atoms with E-state index < -0.39 is 0 Å². The van der Waals surface area contributed by atoms with Gasteiger partial charge in [-0.1, -0.05) is 22.0 Å². The smallest absolute Gasteiger partial charge is 0.0984 e. The molecule has 66 valence electrons. The third-order valence-electron chi connectivity index (χ3n) is 2.63. The van der Waals surface area contributed by atoms with Gasteiger partial charge in [0.1, 0.15) is 0 Å². The summed E-state index contributed by atoms with van der Waals surface area (Å²) in [5.74, 6) is 0.760. The second-order valence-corrected chi connectivity index (χ2v) is 4.46. The van der Waals surface area contributed by atoms with Crippen LogP contribution in [0.25, 0.3) is 10.8 Å². The Balaban J connectivity index is 2.36. The topological polar surface area (TPSA) is 13.1 Å². The minimum absolute atomic E-state index is 0.760. The molecule has 1 aliphatic carbocycles. The molecule has 0 aliphatic heterocycles. The van der Waals surface area contributed by atoms with Crippen LogP contribution in [0.15, 0.2) is 33.5 Å². The minimum atomic E-state index is 0.760. The number of rotatable bonds is 1. The van der Waals surface area contributed by atoms with Crippen molar-refractivity contribution in [1.82, 2.24) is 0 Å². The molecule has 0 amide bonds. The zero-order chi connectivity index (χ0) is 8.84. The van der Waals surface area contributed by atoms with Gasteiger partial charge in [-0.3, -0.25) is 0 Å². The van der Waals surface area contributed by atoms with Crippen LogP contribution >= 0.6 is 15.9 Å². The van der Waals surface area contributed by atoms with E-state index in [0.717, 1.165) is 5.92 Å². The predicted molar refractivity (Wildman–Crippen MR) is 55.9 cm³/mol. The molecule has 0 bridgehead atoms. The Kier molecular flexibility index (Phi) is 1.53. The van der Waals surface area contributed by atoms with Crippen LogP contribution in [0.5, 0.6) is 0 Å². The van der Waals surface area contributed by atoms with Gasteiger partial charge < -0.3 is 4.42 Å². The highest BCUT2D eigenvalue weighted by Crippen LogP contribution is 2.46. The first-order valence-corrected chi connectivity index (χ1v) is 5.30. The molecule has 1 fully saturated rings. The molecule has 1 aromatic heterocycles. The highest BCUT2D eigenvalue weighted by atomic mass is 79.9. The summed E-state index contributed by atoms with van der Waals surface area (Å²) in [6, 6.07) is 4.21. The molecule has 1 heterocycles. The summed E-state index contributed by atoms with van der Waals surface area (Å²) in [5, 5.41) is 2.49. The van der Waals surface area contributed by atoms with Crippen molar-refractivity contribution < 1.29 is 4.42 Å². The molecule has 2 heteroatoms. The van der Waals surface area contributed by atoms with Crippen LogP contribution in [-0.2, 0) is 0 Å². The highest BCUT2D eigenvalue weighted by Gasteiger charge is 2.27. The normalized spacial score (nSPS) is 16.7. The van der Waals surface area contributed by atoms with Gasteiger partial charge in [0.15, 0.2) is 0 Å². The van der Waals surface area contributed by atoms with E-state index in [1.165, 1.54) is 33.7 Å². The highest BCUT2D eigenvalue weighted by molar-refractivity contribution is 9.10. The molecule has 1 nitrogen and oxygen atoms in total. The molecule has 0 unspecified atom stereocenters. The van der Waals surface area contributed by atoms with E-state index >= 15 is 0 Å². The van der Waals surface area contributed by atoms with E-state index in [1.807, 2.05) is 12.5 Å². The summed E-state index contributed by atoms with van der Waals surface area (Å²) in [6.45, 7) is 0. The molecule has 0 spiro atoms.